The number of nitrogens with one attached hydrogen (secondary N) is 1. The van der Waals surface area contributed by atoms with Crippen molar-refractivity contribution in [3.8, 4) is 0 Å². The fraction of sp³-hybridized carbons (Fsp3) is 0.917. The Morgan fingerprint density at radius 3 is 2.40 bits per heavy atom. The topological polar surface area (TPSA) is 29.1 Å². The van der Waals surface area contributed by atoms with Crippen molar-refractivity contribution >= 4 is 21.8 Å². The average molecular weight is 276 g/mol. The van der Waals surface area contributed by atoms with Crippen molar-refractivity contribution in [2.75, 3.05) is 5.33 Å². The first kappa shape index (κ1) is 13.0. The minimum absolute atomic E-state index is 0.0946. The molecule has 15 heavy (non-hydrogen) atoms. The summed E-state index contributed by atoms with van der Waals surface area (Å²) in [6.45, 7) is 6.30. The van der Waals surface area contributed by atoms with Gasteiger partial charge < -0.3 is 5.32 Å². The highest BCUT2D eigenvalue weighted by molar-refractivity contribution is 9.09. The smallest absolute Gasteiger partial charge is 0.226 e. The summed E-state index contributed by atoms with van der Waals surface area (Å²) in [7, 11) is 0. The van der Waals surface area contributed by atoms with Gasteiger partial charge in [-0.25, -0.2) is 0 Å². The van der Waals surface area contributed by atoms with Crippen LogP contribution in [0.1, 0.15) is 52.9 Å². The van der Waals surface area contributed by atoms with Crippen molar-refractivity contribution in [1.82, 2.24) is 5.32 Å². The predicted octanol–water partition coefficient (Wildman–Crippen LogP) is 3.25. The second-order valence-electron chi connectivity index (χ2n) is 5.27. The van der Waals surface area contributed by atoms with Gasteiger partial charge >= 0.3 is 0 Å². The van der Waals surface area contributed by atoms with Crippen LogP contribution in [0.5, 0.6) is 0 Å². The summed E-state index contributed by atoms with van der Waals surface area (Å²) in [5.74, 6) is 0.240. The summed E-state index contributed by atoms with van der Waals surface area (Å²) >= 11 is 3.47. The molecule has 1 N–H and O–H groups in total. The minimum atomic E-state index is -0.112. The van der Waals surface area contributed by atoms with Crippen molar-refractivity contribution in [1.29, 1.82) is 0 Å². The molecule has 1 aliphatic carbocycles. The third-order valence-electron chi connectivity index (χ3n) is 3.75. The molecule has 1 rings (SSSR count). The van der Waals surface area contributed by atoms with Crippen LogP contribution in [0.15, 0.2) is 0 Å². The maximum absolute atomic E-state index is 12.2. The molecular weight excluding hydrogens is 254 g/mol. The van der Waals surface area contributed by atoms with E-state index in [2.05, 4.69) is 42.0 Å². The van der Waals surface area contributed by atoms with Crippen molar-refractivity contribution in [3.63, 3.8) is 0 Å². The van der Waals surface area contributed by atoms with Crippen molar-refractivity contribution in [2.45, 2.75) is 58.4 Å². The summed E-state index contributed by atoms with van der Waals surface area (Å²) in [5, 5.41) is 4.01. The molecule has 1 amide bonds. The lowest BCUT2D eigenvalue weighted by atomic mass is 9.86. The quantitative estimate of drug-likeness (QED) is 0.785. The zero-order chi connectivity index (χ0) is 11.5. The van der Waals surface area contributed by atoms with Gasteiger partial charge in [0.25, 0.3) is 0 Å². The molecule has 3 heteroatoms. The Morgan fingerprint density at radius 1 is 1.47 bits per heavy atom. The Kier molecular flexibility index (Phi) is 4.21. The maximum Gasteiger partial charge on any atom is 0.226 e. The monoisotopic (exact) mass is 275 g/mol. The molecule has 0 radical (unpaired) electrons. The van der Waals surface area contributed by atoms with Gasteiger partial charge in [0.2, 0.25) is 5.91 Å². The Bertz CT molecular complexity index is 230. The zero-order valence-corrected chi connectivity index (χ0v) is 11.6. The van der Waals surface area contributed by atoms with Crippen LogP contribution in [0.4, 0.5) is 0 Å². The van der Waals surface area contributed by atoms with E-state index in [0.29, 0.717) is 0 Å². The largest absolute Gasteiger partial charge is 0.350 e. The zero-order valence-electron chi connectivity index (χ0n) is 10.0. The van der Waals surface area contributed by atoms with Crippen LogP contribution in [-0.4, -0.2) is 16.8 Å². The lowest BCUT2D eigenvalue weighted by Gasteiger charge is -2.32. The molecule has 0 aromatic carbocycles. The predicted molar refractivity (Wildman–Crippen MR) is 67.2 cm³/mol. The molecule has 0 heterocycles. The summed E-state index contributed by atoms with van der Waals surface area (Å²) in [6, 6.07) is 0. The van der Waals surface area contributed by atoms with Crippen LogP contribution in [0.3, 0.4) is 0 Å². The van der Waals surface area contributed by atoms with Gasteiger partial charge in [-0.3, -0.25) is 4.79 Å². The van der Waals surface area contributed by atoms with E-state index >= 15 is 0 Å². The molecule has 0 saturated heterocycles. The van der Waals surface area contributed by atoms with Crippen molar-refractivity contribution in [3.05, 3.63) is 0 Å². The van der Waals surface area contributed by atoms with Gasteiger partial charge in [0.05, 0.1) is 0 Å². The van der Waals surface area contributed by atoms with Gasteiger partial charge in [0.1, 0.15) is 0 Å². The van der Waals surface area contributed by atoms with Gasteiger partial charge in [0, 0.05) is 16.3 Å². The van der Waals surface area contributed by atoms with E-state index in [-0.39, 0.29) is 16.9 Å². The number of carbonyl (C=O) groups excluding carboxylic acids is 1. The summed E-state index contributed by atoms with van der Waals surface area (Å²) < 4.78 is 0. The molecule has 0 aromatic heterocycles. The Balaban J connectivity index is 2.61. The number of carbonyl (C=O) groups is 1. The SMILES string of the molecule is CCC(C)(CBr)NC(=O)C1(C)CCCC1. The van der Waals surface area contributed by atoms with Gasteiger partial charge in [-0.2, -0.15) is 0 Å². The van der Waals surface area contributed by atoms with Crippen molar-refractivity contribution < 1.29 is 4.79 Å². The Hall–Kier alpha value is -0.0500. The highest BCUT2D eigenvalue weighted by Crippen LogP contribution is 2.38. The highest BCUT2D eigenvalue weighted by atomic mass is 79.9. The first-order chi connectivity index (χ1) is 6.96. The molecule has 1 aliphatic rings. The van der Waals surface area contributed by atoms with Gasteiger partial charge in [-0.1, -0.05) is 42.6 Å². The molecular formula is C12H22BrNO. The van der Waals surface area contributed by atoms with Crippen LogP contribution in [0.25, 0.3) is 0 Å². The number of hydrogen-bond acceptors (Lipinski definition) is 1. The molecule has 0 aliphatic heterocycles. The van der Waals surface area contributed by atoms with Crippen molar-refractivity contribution in [2.24, 2.45) is 5.41 Å². The van der Waals surface area contributed by atoms with E-state index < -0.39 is 0 Å². The first-order valence-electron chi connectivity index (χ1n) is 5.84. The lowest BCUT2D eigenvalue weighted by molar-refractivity contribution is -0.131. The molecule has 1 unspecified atom stereocenters. The molecule has 0 aromatic rings. The number of halogens is 1. The Labute approximate surface area is 101 Å². The molecule has 1 saturated carbocycles. The molecule has 0 bridgehead atoms. The molecule has 1 atom stereocenters. The average Bonchev–Trinajstić information content (AvgIpc) is 2.66. The van der Waals surface area contributed by atoms with Gasteiger partial charge in [-0.15, -0.1) is 0 Å². The maximum atomic E-state index is 12.2. The van der Waals surface area contributed by atoms with Gasteiger partial charge in [-0.05, 0) is 26.2 Å². The minimum Gasteiger partial charge on any atom is -0.350 e. The van der Waals surface area contributed by atoms with E-state index in [9.17, 15) is 4.79 Å². The second kappa shape index (κ2) is 4.86. The van der Waals surface area contributed by atoms with Crippen LogP contribution in [0, 0.1) is 5.41 Å². The lowest BCUT2D eigenvalue weighted by Crippen LogP contribution is -2.51. The van der Waals surface area contributed by atoms with Crippen LogP contribution < -0.4 is 5.32 Å². The molecule has 88 valence electrons. The number of amides is 1. The molecule has 2 nitrogen and oxygen atoms in total. The normalized spacial score (nSPS) is 23.5. The van der Waals surface area contributed by atoms with E-state index in [1.165, 1.54) is 12.8 Å². The molecule has 0 spiro atoms. The first-order valence-corrected chi connectivity index (χ1v) is 6.96. The van der Waals surface area contributed by atoms with E-state index in [4.69, 9.17) is 0 Å². The summed E-state index contributed by atoms with van der Waals surface area (Å²) in [4.78, 5) is 12.2. The molecule has 1 fully saturated rings. The third-order valence-corrected chi connectivity index (χ3v) is 4.98. The second-order valence-corrected chi connectivity index (χ2v) is 5.83. The van der Waals surface area contributed by atoms with Crippen LogP contribution >= 0.6 is 15.9 Å². The van der Waals surface area contributed by atoms with E-state index in [0.717, 1.165) is 24.6 Å². The standard InChI is InChI=1S/C12H22BrNO/c1-4-12(3,9-13)14-10(15)11(2)7-5-6-8-11/h4-9H2,1-3H3,(H,14,15). The number of alkyl halides is 1. The third kappa shape index (κ3) is 2.96. The van der Waals surface area contributed by atoms with Crippen LogP contribution in [0.2, 0.25) is 0 Å². The van der Waals surface area contributed by atoms with E-state index in [1.54, 1.807) is 0 Å². The Morgan fingerprint density at radius 2 is 2.00 bits per heavy atom. The highest BCUT2D eigenvalue weighted by Gasteiger charge is 2.38. The fourth-order valence-electron chi connectivity index (χ4n) is 2.02. The fourth-order valence-corrected chi connectivity index (χ4v) is 2.56. The summed E-state index contributed by atoms with van der Waals surface area (Å²) in [6.07, 6.45) is 5.43. The number of hydrogen-bond donors (Lipinski definition) is 1. The van der Waals surface area contributed by atoms with Crippen LogP contribution in [-0.2, 0) is 4.79 Å². The number of rotatable bonds is 4. The van der Waals surface area contributed by atoms with Gasteiger partial charge in [0.15, 0.2) is 0 Å². The summed E-state index contributed by atoms with van der Waals surface area (Å²) in [5.41, 5.74) is -0.207. The van der Waals surface area contributed by atoms with E-state index in [1.807, 2.05) is 0 Å².